The van der Waals surface area contributed by atoms with Crippen molar-refractivity contribution >= 4 is 10.9 Å². The van der Waals surface area contributed by atoms with Crippen molar-refractivity contribution in [2.24, 2.45) is 0 Å². The molecule has 0 unspecified atom stereocenters. The molecule has 1 aromatic heterocycles. The lowest BCUT2D eigenvalue weighted by atomic mass is 10.2. The summed E-state index contributed by atoms with van der Waals surface area (Å²) >= 11 is 0. The standard InChI is InChI=1S/C8H2F4N2/c9-4-3-1-13-2-14-8(3)7(12)6(11)5(4)10/h1-2H/i2D. The smallest absolute Gasteiger partial charge is 0.199 e. The molecule has 1 heterocycles. The highest BCUT2D eigenvalue weighted by molar-refractivity contribution is 5.78. The first-order valence-electron chi connectivity index (χ1n) is 3.97. The zero-order valence-electron chi connectivity index (χ0n) is 7.48. The van der Waals surface area contributed by atoms with Crippen molar-refractivity contribution in [2.45, 2.75) is 0 Å². The van der Waals surface area contributed by atoms with Gasteiger partial charge in [0.25, 0.3) is 0 Å². The number of hydrogen-bond acceptors (Lipinski definition) is 2. The van der Waals surface area contributed by atoms with E-state index in [0.29, 0.717) is 0 Å². The van der Waals surface area contributed by atoms with Crippen LogP contribution < -0.4 is 0 Å². The van der Waals surface area contributed by atoms with Gasteiger partial charge in [-0.15, -0.1) is 0 Å². The lowest BCUT2D eigenvalue weighted by Crippen LogP contribution is -1.99. The minimum atomic E-state index is -1.95. The quantitative estimate of drug-likeness (QED) is 0.372. The molecular formula is C8H2F4N2. The Bertz CT molecular complexity index is 558. The van der Waals surface area contributed by atoms with Gasteiger partial charge in [0.15, 0.2) is 23.3 Å². The van der Waals surface area contributed by atoms with Crippen LogP contribution in [-0.4, -0.2) is 9.97 Å². The topological polar surface area (TPSA) is 25.8 Å². The van der Waals surface area contributed by atoms with E-state index in [2.05, 4.69) is 9.97 Å². The normalized spacial score (nSPS) is 11.9. The SMILES string of the molecule is [2H]c1ncc2c(F)c(F)c(F)c(F)c2n1. The summed E-state index contributed by atoms with van der Waals surface area (Å²) in [5, 5.41) is -0.595. The minimum absolute atomic E-state index is 0.595. The van der Waals surface area contributed by atoms with E-state index in [1.165, 1.54) is 0 Å². The summed E-state index contributed by atoms with van der Waals surface area (Å²) in [6, 6.07) is 0. The predicted molar refractivity (Wildman–Crippen MR) is 39.4 cm³/mol. The zero-order valence-corrected chi connectivity index (χ0v) is 6.48. The highest BCUT2D eigenvalue weighted by Gasteiger charge is 2.20. The van der Waals surface area contributed by atoms with E-state index in [0.717, 1.165) is 6.20 Å². The Kier molecular flexibility index (Phi) is 1.59. The molecular weight excluding hydrogens is 200 g/mol. The largest absolute Gasteiger partial charge is 0.244 e. The number of hydrogen-bond donors (Lipinski definition) is 0. The van der Waals surface area contributed by atoms with Gasteiger partial charge < -0.3 is 0 Å². The van der Waals surface area contributed by atoms with Crippen LogP contribution in [0.2, 0.25) is 0 Å². The number of aromatic nitrogens is 2. The molecule has 0 atom stereocenters. The van der Waals surface area contributed by atoms with Gasteiger partial charge in [0.05, 0.1) is 5.39 Å². The van der Waals surface area contributed by atoms with Gasteiger partial charge in [-0.1, -0.05) is 0 Å². The molecule has 0 amide bonds. The average Bonchev–Trinajstić information content (AvgIpc) is 2.23. The fourth-order valence-corrected chi connectivity index (χ4v) is 1.04. The van der Waals surface area contributed by atoms with E-state index in [9.17, 15) is 17.6 Å². The summed E-state index contributed by atoms with van der Waals surface area (Å²) in [7, 11) is 0. The molecule has 2 rings (SSSR count). The average molecular weight is 203 g/mol. The van der Waals surface area contributed by atoms with Crippen molar-refractivity contribution in [1.29, 1.82) is 0 Å². The molecule has 1 aromatic carbocycles. The highest BCUT2D eigenvalue weighted by atomic mass is 19.2. The van der Waals surface area contributed by atoms with Crippen LogP contribution in [0.25, 0.3) is 10.9 Å². The molecule has 6 heteroatoms. The molecule has 0 radical (unpaired) electrons. The monoisotopic (exact) mass is 203 g/mol. The summed E-state index contributed by atoms with van der Waals surface area (Å²) in [4.78, 5) is 6.41. The molecule has 2 aromatic rings. The van der Waals surface area contributed by atoms with Crippen LogP contribution in [0, 0.1) is 23.3 Å². The molecule has 0 N–H and O–H groups in total. The third kappa shape index (κ3) is 1.03. The Morgan fingerprint density at radius 1 is 1.00 bits per heavy atom. The molecule has 0 saturated carbocycles. The maximum atomic E-state index is 13.1. The van der Waals surface area contributed by atoms with Crippen LogP contribution in [-0.2, 0) is 0 Å². The van der Waals surface area contributed by atoms with Crippen LogP contribution in [0.3, 0.4) is 0 Å². The summed E-state index contributed by atoms with van der Waals surface area (Å²) in [5.74, 6) is -7.05. The maximum absolute atomic E-state index is 13.1. The molecule has 0 aliphatic carbocycles. The molecule has 72 valence electrons. The Morgan fingerprint density at radius 2 is 1.64 bits per heavy atom. The van der Waals surface area contributed by atoms with Crippen LogP contribution in [0.1, 0.15) is 1.37 Å². The predicted octanol–water partition coefficient (Wildman–Crippen LogP) is 2.19. The van der Waals surface area contributed by atoms with Crippen molar-refractivity contribution in [3.8, 4) is 0 Å². The van der Waals surface area contributed by atoms with Gasteiger partial charge in [0, 0.05) is 6.20 Å². The molecule has 2 nitrogen and oxygen atoms in total. The second kappa shape index (κ2) is 2.90. The van der Waals surface area contributed by atoms with Crippen molar-refractivity contribution in [3.63, 3.8) is 0 Å². The molecule has 0 aliphatic rings. The van der Waals surface area contributed by atoms with Gasteiger partial charge in [0.2, 0.25) is 0 Å². The first-order chi connectivity index (χ1) is 7.02. The van der Waals surface area contributed by atoms with Crippen molar-refractivity contribution in [1.82, 2.24) is 9.97 Å². The molecule has 0 fully saturated rings. The fraction of sp³-hybridized carbons (Fsp3) is 0. The highest BCUT2D eigenvalue weighted by Crippen LogP contribution is 2.23. The fourth-order valence-electron chi connectivity index (χ4n) is 1.04. The minimum Gasteiger partial charge on any atom is -0.244 e. The van der Waals surface area contributed by atoms with Crippen LogP contribution in [0.15, 0.2) is 12.5 Å². The molecule has 0 aliphatic heterocycles. The van der Waals surface area contributed by atoms with E-state index >= 15 is 0 Å². The van der Waals surface area contributed by atoms with Gasteiger partial charge in [-0.05, 0) is 0 Å². The summed E-state index contributed by atoms with van der Waals surface area (Å²) in [5.41, 5.74) is -0.744. The number of fused-ring (bicyclic) bond motifs is 1. The lowest BCUT2D eigenvalue weighted by Gasteiger charge is -2.01. The molecule has 14 heavy (non-hydrogen) atoms. The second-order valence-corrected chi connectivity index (χ2v) is 2.49. The molecule has 0 bridgehead atoms. The van der Waals surface area contributed by atoms with Crippen LogP contribution in [0.4, 0.5) is 17.6 Å². The number of benzene rings is 1. The zero-order chi connectivity index (χ0) is 11.2. The Hall–Kier alpha value is -1.72. The summed E-state index contributed by atoms with van der Waals surface area (Å²) in [6.07, 6.45) is 0.123. The van der Waals surface area contributed by atoms with Crippen molar-refractivity contribution in [3.05, 3.63) is 35.8 Å². The van der Waals surface area contributed by atoms with E-state index in [1.807, 2.05) is 0 Å². The van der Waals surface area contributed by atoms with Crippen molar-refractivity contribution < 1.29 is 18.9 Å². The van der Waals surface area contributed by atoms with Crippen LogP contribution in [0.5, 0.6) is 0 Å². The van der Waals surface area contributed by atoms with Gasteiger partial charge in [0.1, 0.15) is 13.2 Å². The first-order valence-corrected chi connectivity index (χ1v) is 3.47. The second-order valence-electron chi connectivity index (χ2n) is 2.49. The van der Waals surface area contributed by atoms with Gasteiger partial charge in [-0.25, -0.2) is 27.5 Å². The third-order valence-corrected chi connectivity index (χ3v) is 1.69. The Balaban J connectivity index is 3.00. The van der Waals surface area contributed by atoms with E-state index in [4.69, 9.17) is 1.37 Å². The van der Waals surface area contributed by atoms with E-state index in [-0.39, 0.29) is 0 Å². The van der Waals surface area contributed by atoms with Crippen molar-refractivity contribution in [2.75, 3.05) is 0 Å². The number of halogens is 4. The third-order valence-electron chi connectivity index (χ3n) is 1.69. The van der Waals surface area contributed by atoms with E-state index in [1.54, 1.807) is 0 Å². The lowest BCUT2D eigenvalue weighted by molar-refractivity contribution is 0.417. The maximum Gasteiger partial charge on any atom is 0.199 e. The van der Waals surface area contributed by atoms with Gasteiger partial charge in [-0.2, -0.15) is 0 Å². The Labute approximate surface area is 76.6 Å². The Morgan fingerprint density at radius 3 is 2.36 bits per heavy atom. The van der Waals surface area contributed by atoms with Gasteiger partial charge >= 0.3 is 0 Å². The first kappa shape index (κ1) is 7.66. The molecule has 0 saturated heterocycles. The van der Waals surface area contributed by atoms with Gasteiger partial charge in [-0.3, -0.25) is 0 Å². The van der Waals surface area contributed by atoms with E-state index < -0.39 is 40.5 Å². The summed E-state index contributed by atoms with van der Waals surface area (Å²) < 4.78 is 58.5. The van der Waals surface area contributed by atoms with Crippen LogP contribution >= 0.6 is 0 Å². The molecule has 0 spiro atoms. The summed E-state index contributed by atoms with van der Waals surface area (Å²) in [6.45, 7) is 0. The number of nitrogens with zero attached hydrogens (tertiary/aromatic N) is 2. The number of rotatable bonds is 0.